The maximum absolute atomic E-state index is 13.7. The smallest absolute Gasteiger partial charge is 0.410 e. The van der Waals surface area contributed by atoms with Gasteiger partial charge in [0.25, 0.3) is 0 Å². The van der Waals surface area contributed by atoms with E-state index in [0.29, 0.717) is 19.5 Å². The van der Waals surface area contributed by atoms with Gasteiger partial charge in [-0.1, -0.05) is 30.3 Å². The summed E-state index contributed by atoms with van der Waals surface area (Å²) in [6.45, 7) is 12.0. The van der Waals surface area contributed by atoms with E-state index in [-0.39, 0.29) is 18.2 Å². The molecule has 28 heavy (non-hydrogen) atoms. The van der Waals surface area contributed by atoms with E-state index in [2.05, 4.69) is 41.0 Å². The summed E-state index contributed by atoms with van der Waals surface area (Å²) in [5.74, 6) is 0. The topological polar surface area (TPSA) is 36.0 Å². The van der Waals surface area contributed by atoms with Crippen LogP contribution in [-0.2, 0) is 11.3 Å². The van der Waals surface area contributed by atoms with Crippen LogP contribution in [0.15, 0.2) is 30.3 Å². The summed E-state index contributed by atoms with van der Waals surface area (Å²) in [5, 5.41) is 0. The molecule has 3 atom stereocenters. The molecule has 156 valence electrons. The first kappa shape index (κ1) is 21.1. The highest BCUT2D eigenvalue weighted by atomic mass is 19.1. The Morgan fingerprint density at radius 3 is 2.50 bits per heavy atom. The molecule has 2 fully saturated rings. The van der Waals surface area contributed by atoms with Crippen LogP contribution in [0.4, 0.5) is 9.18 Å². The number of hydrogen-bond acceptors (Lipinski definition) is 4. The fourth-order valence-electron chi connectivity index (χ4n) is 4.12. The fraction of sp³-hybridized carbons (Fsp3) is 0.682. The van der Waals surface area contributed by atoms with Gasteiger partial charge in [0, 0.05) is 51.4 Å². The second-order valence-corrected chi connectivity index (χ2v) is 9.20. The molecule has 0 aromatic heterocycles. The van der Waals surface area contributed by atoms with Crippen molar-refractivity contribution in [3.05, 3.63) is 35.9 Å². The standard InChI is InChI=1S/C22H34FN3O2/c1-17-12-25(13-18-8-6-5-7-9-18)20(15-24-11-10-19(23)14-24)16-26(17)21(27)28-22(2,3)4/h5-9,17,19-20H,10-16H2,1-4H3/t17-,19-,20+/m1/s1. The maximum atomic E-state index is 13.7. The van der Waals surface area contributed by atoms with Crippen LogP contribution in [0.2, 0.25) is 0 Å². The molecule has 0 N–H and O–H groups in total. The number of rotatable bonds is 4. The van der Waals surface area contributed by atoms with E-state index in [1.54, 1.807) is 0 Å². The second-order valence-electron chi connectivity index (χ2n) is 9.20. The minimum Gasteiger partial charge on any atom is -0.444 e. The third-order valence-electron chi connectivity index (χ3n) is 5.49. The predicted molar refractivity (Wildman–Crippen MR) is 109 cm³/mol. The van der Waals surface area contributed by atoms with Crippen LogP contribution >= 0.6 is 0 Å². The van der Waals surface area contributed by atoms with Crippen molar-refractivity contribution >= 4 is 6.09 Å². The molecule has 6 heteroatoms. The largest absolute Gasteiger partial charge is 0.444 e. The molecule has 1 aromatic carbocycles. The van der Waals surface area contributed by atoms with Gasteiger partial charge < -0.3 is 9.64 Å². The average molecular weight is 392 g/mol. The monoisotopic (exact) mass is 391 g/mol. The van der Waals surface area contributed by atoms with Crippen LogP contribution in [0.25, 0.3) is 0 Å². The summed E-state index contributed by atoms with van der Waals surface area (Å²) in [5.41, 5.74) is 0.749. The van der Waals surface area contributed by atoms with Crippen molar-refractivity contribution in [2.75, 3.05) is 32.7 Å². The number of benzene rings is 1. The Hall–Kier alpha value is -1.66. The number of ether oxygens (including phenoxy) is 1. The van der Waals surface area contributed by atoms with Gasteiger partial charge in [-0.2, -0.15) is 0 Å². The predicted octanol–water partition coefficient (Wildman–Crippen LogP) is 3.54. The molecule has 1 aromatic rings. The summed E-state index contributed by atoms with van der Waals surface area (Å²) in [7, 11) is 0. The van der Waals surface area contributed by atoms with Gasteiger partial charge in [-0.3, -0.25) is 9.80 Å². The molecule has 0 bridgehead atoms. The molecule has 0 unspecified atom stereocenters. The summed E-state index contributed by atoms with van der Waals surface area (Å²) >= 11 is 0. The Balaban J connectivity index is 1.72. The SMILES string of the molecule is C[C@@H]1CN(Cc2ccccc2)[C@@H](CN2CC[C@@H](F)C2)CN1C(=O)OC(C)(C)C. The van der Waals surface area contributed by atoms with Gasteiger partial charge in [0.2, 0.25) is 0 Å². The summed E-state index contributed by atoms with van der Waals surface area (Å²) in [4.78, 5) is 19.2. The van der Waals surface area contributed by atoms with E-state index in [0.717, 1.165) is 26.2 Å². The van der Waals surface area contributed by atoms with Crippen LogP contribution < -0.4 is 0 Å². The Morgan fingerprint density at radius 2 is 1.89 bits per heavy atom. The molecule has 2 aliphatic rings. The van der Waals surface area contributed by atoms with Crippen molar-refractivity contribution in [2.24, 2.45) is 0 Å². The molecule has 5 nitrogen and oxygen atoms in total. The lowest BCUT2D eigenvalue weighted by Crippen LogP contribution is -2.61. The molecule has 2 heterocycles. The first-order chi connectivity index (χ1) is 13.2. The number of carbonyl (C=O) groups is 1. The molecular formula is C22H34FN3O2. The molecule has 0 saturated carbocycles. The van der Waals surface area contributed by atoms with E-state index in [9.17, 15) is 9.18 Å². The number of halogens is 1. The fourth-order valence-corrected chi connectivity index (χ4v) is 4.12. The number of hydrogen-bond donors (Lipinski definition) is 0. The number of amides is 1. The van der Waals surface area contributed by atoms with Crippen molar-refractivity contribution in [1.29, 1.82) is 0 Å². The van der Waals surface area contributed by atoms with Crippen molar-refractivity contribution in [2.45, 2.75) is 64.5 Å². The number of nitrogens with zero attached hydrogens (tertiary/aromatic N) is 3. The highest BCUT2D eigenvalue weighted by Gasteiger charge is 2.37. The minimum absolute atomic E-state index is 0.0716. The van der Waals surface area contributed by atoms with Crippen molar-refractivity contribution in [3.63, 3.8) is 0 Å². The van der Waals surface area contributed by atoms with Gasteiger partial charge in [0.15, 0.2) is 0 Å². The van der Waals surface area contributed by atoms with E-state index in [1.807, 2.05) is 31.7 Å². The Morgan fingerprint density at radius 1 is 1.18 bits per heavy atom. The van der Waals surface area contributed by atoms with E-state index < -0.39 is 11.8 Å². The van der Waals surface area contributed by atoms with Crippen LogP contribution in [0, 0.1) is 0 Å². The summed E-state index contributed by atoms with van der Waals surface area (Å²) in [6, 6.07) is 10.6. The average Bonchev–Trinajstić information content (AvgIpc) is 3.01. The molecular weight excluding hydrogens is 357 g/mol. The van der Waals surface area contributed by atoms with Crippen molar-refractivity contribution in [3.8, 4) is 0 Å². The van der Waals surface area contributed by atoms with Crippen molar-refractivity contribution in [1.82, 2.24) is 14.7 Å². The first-order valence-corrected chi connectivity index (χ1v) is 10.4. The highest BCUT2D eigenvalue weighted by molar-refractivity contribution is 5.68. The molecule has 0 radical (unpaired) electrons. The van der Waals surface area contributed by atoms with Gasteiger partial charge in [0.05, 0.1) is 0 Å². The van der Waals surface area contributed by atoms with Gasteiger partial charge in [-0.25, -0.2) is 9.18 Å². The first-order valence-electron chi connectivity index (χ1n) is 10.4. The Kier molecular flexibility index (Phi) is 6.61. The minimum atomic E-state index is -0.730. The molecule has 1 amide bonds. The third-order valence-corrected chi connectivity index (χ3v) is 5.49. The zero-order valence-corrected chi connectivity index (χ0v) is 17.6. The van der Waals surface area contributed by atoms with E-state index >= 15 is 0 Å². The lowest BCUT2D eigenvalue weighted by molar-refractivity contribution is -0.0193. The molecule has 3 rings (SSSR count). The summed E-state index contributed by atoms with van der Waals surface area (Å²) < 4.78 is 19.3. The summed E-state index contributed by atoms with van der Waals surface area (Å²) in [6.07, 6.45) is -0.376. The van der Waals surface area contributed by atoms with Crippen LogP contribution in [-0.4, -0.2) is 77.4 Å². The number of carbonyl (C=O) groups excluding carboxylic acids is 1. The zero-order chi connectivity index (χ0) is 20.3. The zero-order valence-electron chi connectivity index (χ0n) is 17.6. The molecule has 2 saturated heterocycles. The molecule has 0 aliphatic carbocycles. The third kappa shape index (κ3) is 5.67. The second kappa shape index (κ2) is 8.78. The van der Waals surface area contributed by atoms with Crippen LogP contribution in [0.5, 0.6) is 0 Å². The van der Waals surface area contributed by atoms with E-state index in [1.165, 1.54) is 5.56 Å². The lowest BCUT2D eigenvalue weighted by atomic mass is 10.1. The Bertz CT molecular complexity index is 649. The maximum Gasteiger partial charge on any atom is 0.410 e. The number of likely N-dealkylation sites (tertiary alicyclic amines) is 1. The van der Waals surface area contributed by atoms with Crippen molar-refractivity contribution < 1.29 is 13.9 Å². The van der Waals surface area contributed by atoms with E-state index in [4.69, 9.17) is 4.74 Å². The Labute approximate surface area is 168 Å². The number of alkyl halides is 1. The number of piperazine rings is 1. The van der Waals surface area contributed by atoms with Crippen LogP contribution in [0.1, 0.15) is 39.7 Å². The lowest BCUT2D eigenvalue weighted by Gasteiger charge is -2.46. The van der Waals surface area contributed by atoms with Crippen LogP contribution in [0.3, 0.4) is 0 Å². The molecule has 2 aliphatic heterocycles. The normalized spacial score (nSPS) is 27.2. The van der Waals surface area contributed by atoms with Gasteiger partial charge in [-0.15, -0.1) is 0 Å². The van der Waals surface area contributed by atoms with Gasteiger partial charge in [-0.05, 0) is 39.7 Å². The van der Waals surface area contributed by atoms with Gasteiger partial charge in [0.1, 0.15) is 11.8 Å². The highest BCUT2D eigenvalue weighted by Crippen LogP contribution is 2.23. The quantitative estimate of drug-likeness (QED) is 0.787. The molecule has 0 spiro atoms. The van der Waals surface area contributed by atoms with Gasteiger partial charge >= 0.3 is 6.09 Å².